The normalized spacial score (nSPS) is 9.18. The van der Waals surface area contributed by atoms with Crippen LogP contribution in [0.1, 0.15) is 41.5 Å². The number of rotatable bonds is 0. The van der Waals surface area contributed by atoms with Crippen molar-refractivity contribution in [1.82, 2.24) is 0 Å². The molecule has 0 unspecified atom stereocenters. The molecule has 0 heterocycles. The van der Waals surface area contributed by atoms with Crippen molar-refractivity contribution in [3.63, 3.8) is 0 Å². The Bertz CT molecular complexity index is 80.1. The molecule has 0 radical (unpaired) electrons. The van der Waals surface area contributed by atoms with Gasteiger partial charge in [0.2, 0.25) is 0 Å². The van der Waals surface area contributed by atoms with E-state index in [2.05, 4.69) is 10.6 Å². The Morgan fingerprint density at radius 1 is 0.588 bits per heavy atom. The van der Waals surface area contributed by atoms with Gasteiger partial charge in [0.05, 0.1) is 0 Å². The summed E-state index contributed by atoms with van der Waals surface area (Å²) in [6.07, 6.45) is 0. The average molecular weight is 416 g/mol. The molecule has 5 heteroatoms. The molecule has 0 bridgehead atoms. The van der Waals surface area contributed by atoms with Crippen LogP contribution in [0.5, 0.6) is 0 Å². The minimum atomic E-state index is -0.250. The average Bonchev–Trinajstić information content (AvgIpc) is 1.79. The van der Waals surface area contributed by atoms with Crippen molar-refractivity contribution in [3.05, 3.63) is 22.1 Å². The van der Waals surface area contributed by atoms with Gasteiger partial charge in [-0.25, -0.2) is 0 Å². The monoisotopic (exact) mass is 416 g/mol. The first kappa shape index (κ1) is 30.5. The minimum absolute atomic E-state index is 0. The Hall–Kier alpha value is 0.528. The summed E-state index contributed by atoms with van der Waals surface area (Å²) in [5, 5.41) is 7.00. The number of nitrogens with one attached hydrogen (secondary N) is 2. The molecule has 0 saturated heterocycles. The van der Waals surface area contributed by atoms with Gasteiger partial charge < -0.3 is 22.1 Å². The predicted octanol–water partition coefficient (Wildman–Crippen LogP) is 4.91. The van der Waals surface area contributed by atoms with E-state index in [4.69, 9.17) is 11.5 Å². The van der Waals surface area contributed by atoms with Crippen molar-refractivity contribution in [1.29, 1.82) is 0 Å². The van der Waals surface area contributed by atoms with Gasteiger partial charge in [0.15, 0.2) is 0 Å². The fraction of sp³-hybridized carbons (Fsp3) is 1.00. The summed E-state index contributed by atoms with van der Waals surface area (Å²) in [5.74, 6) is 0. The molecule has 17 heavy (non-hydrogen) atoms. The first-order valence-electron chi connectivity index (χ1n) is 5.29. The molecule has 2 N–H and O–H groups in total. The zero-order valence-electron chi connectivity index (χ0n) is 13.3. The molecule has 0 aliphatic carbocycles. The van der Waals surface area contributed by atoms with E-state index in [0.29, 0.717) is 0 Å². The standard InChI is InChI=1S/2C4H10N.2C2H6N.W/c2*1-4(2,3)5;2*1-3-2;/h2*5H,1-3H3;2*1-2H3;/q4*-1;. The Balaban J connectivity index is -0.0000000381. The maximum absolute atomic E-state index is 6.94. The fourth-order valence-electron chi connectivity index (χ4n) is 0. The van der Waals surface area contributed by atoms with Gasteiger partial charge in [0.25, 0.3) is 0 Å². The van der Waals surface area contributed by atoms with Crippen LogP contribution in [0.15, 0.2) is 0 Å². The van der Waals surface area contributed by atoms with Crippen LogP contribution in [0.4, 0.5) is 0 Å². The summed E-state index contributed by atoms with van der Waals surface area (Å²) in [7, 11) is 7.00. The van der Waals surface area contributed by atoms with Gasteiger partial charge in [-0.1, -0.05) is 41.5 Å². The molecule has 0 aromatic carbocycles. The summed E-state index contributed by atoms with van der Waals surface area (Å²) >= 11 is 0. The van der Waals surface area contributed by atoms with Crippen LogP contribution >= 0.6 is 0 Å². The number of hydrogen-bond acceptors (Lipinski definition) is 0. The van der Waals surface area contributed by atoms with E-state index < -0.39 is 0 Å². The third kappa shape index (κ3) is 12500. The van der Waals surface area contributed by atoms with Crippen molar-refractivity contribution in [2.75, 3.05) is 28.2 Å². The van der Waals surface area contributed by atoms with E-state index in [1.165, 1.54) is 0 Å². The van der Waals surface area contributed by atoms with Crippen LogP contribution in [0.2, 0.25) is 0 Å². The number of nitrogens with zero attached hydrogens (tertiary/aromatic N) is 2. The van der Waals surface area contributed by atoms with Gasteiger partial charge in [-0.3, -0.25) is 0 Å². The molecule has 0 aliphatic heterocycles. The van der Waals surface area contributed by atoms with Gasteiger partial charge in [0, 0.05) is 21.1 Å². The van der Waals surface area contributed by atoms with Crippen LogP contribution < -0.4 is 0 Å². The summed E-state index contributed by atoms with van der Waals surface area (Å²) in [4.78, 5) is 0. The van der Waals surface area contributed by atoms with Crippen molar-refractivity contribution >= 4 is 0 Å². The zero-order chi connectivity index (χ0) is 14.4. The van der Waals surface area contributed by atoms with E-state index in [0.717, 1.165) is 0 Å². The third-order valence-corrected chi connectivity index (χ3v) is 0. The first-order valence-corrected chi connectivity index (χ1v) is 5.29. The van der Waals surface area contributed by atoms with E-state index in [1.54, 1.807) is 28.2 Å². The van der Waals surface area contributed by atoms with E-state index in [9.17, 15) is 0 Å². The third-order valence-electron chi connectivity index (χ3n) is 0. The van der Waals surface area contributed by atoms with E-state index >= 15 is 0 Å². The molecule has 0 aromatic heterocycles. The first-order chi connectivity index (χ1) is 6.83. The van der Waals surface area contributed by atoms with Gasteiger partial charge in [-0.05, 0) is 0 Å². The van der Waals surface area contributed by atoms with Crippen LogP contribution in [0.25, 0.3) is 22.1 Å². The second-order valence-corrected chi connectivity index (χ2v) is 5.39. The van der Waals surface area contributed by atoms with Gasteiger partial charge in [-0.2, -0.15) is 28.2 Å². The van der Waals surface area contributed by atoms with Crippen molar-refractivity contribution in [2.45, 2.75) is 52.6 Å². The number of hydrogen-bond donors (Lipinski definition) is 0. The molecule has 0 spiro atoms. The molecule has 0 aromatic rings. The molecule has 110 valence electrons. The Morgan fingerprint density at radius 3 is 0.588 bits per heavy atom. The van der Waals surface area contributed by atoms with Crippen molar-refractivity contribution < 1.29 is 21.1 Å². The molecule has 0 saturated carbocycles. The largest absolute Gasteiger partial charge is 0.673 e. The molecular weight excluding hydrogens is 384 g/mol. The zero-order valence-corrected chi connectivity index (χ0v) is 16.2. The Labute approximate surface area is 124 Å². The SMILES string of the molecule is CC(C)(C)[NH-].CC(C)(C)[NH-].C[N-]C.C[N-]C.[W]. The summed E-state index contributed by atoms with van der Waals surface area (Å²) < 4.78 is 0. The molecule has 4 nitrogen and oxygen atoms in total. The molecule has 0 amide bonds. The van der Waals surface area contributed by atoms with Crippen LogP contribution in [0.3, 0.4) is 0 Å². The second kappa shape index (κ2) is 18.9. The van der Waals surface area contributed by atoms with E-state index in [-0.39, 0.29) is 32.1 Å². The Morgan fingerprint density at radius 2 is 0.588 bits per heavy atom. The quantitative estimate of drug-likeness (QED) is 0.538. The smallest absolute Gasteiger partial charge is 0 e. The predicted molar refractivity (Wildman–Crippen MR) is 78.6 cm³/mol. The van der Waals surface area contributed by atoms with Crippen LogP contribution in [-0.2, 0) is 21.1 Å². The maximum Gasteiger partial charge on any atom is 0 e. The summed E-state index contributed by atoms with van der Waals surface area (Å²) in [6, 6.07) is 0. The molecule has 0 atom stereocenters. The molecule has 0 fully saturated rings. The fourth-order valence-corrected chi connectivity index (χ4v) is 0. The van der Waals surface area contributed by atoms with Crippen molar-refractivity contribution in [2.24, 2.45) is 0 Å². The van der Waals surface area contributed by atoms with E-state index in [1.807, 2.05) is 41.5 Å². The van der Waals surface area contributed by atoms with Crippen LogP contribution in [-0.4, -0.2) is 39.3 Å². The summed E-state index contributed by atoms with van der Waals surface area (Å²) in [6.45, 7) is 11.1. The molecule has 0 aliphatic rings. The van der Waals surface area contributed by atoms with Gasteiger partial charge in [0.1, 0.15) is 0 Å². The Kier molecular flexibility index (Phi) is 33.9. The van der Waals surface area contributed by atoms with Crippen molar-refractivity contribution in [3.8, 4) is 0 Å². The van der Waals surface area contributed by atoms with Crippen LogP contribution in [0, 0.1) is 0 Å². The second-order valence-electron chi connectivity index (χ2n) is 5.39. The minimum Gasteiger partial charge on any atom is -0.673 e. The topological polar surface area (TPSA) is 75.8 Å². The van der Waals surface area contributed by atoms with Gasteiger partial charge >= 0.3 is 0 Å². The van der Waals surface area contributed by atoms with Gasteiger partial charge in [-0.15, -0.1) is 11.1 Å². The summed E-state index contributed by atoms with van der Waals surface area (Å²) in [5.41, 5.74) is 13.4. The molecular formula is C12H32N4W-4. The molecule has 0 rings (SSSR count). The maximum atomic E-state index is 6.94.